The summed E-state index contributed by atoms with van der Waals surface area (Å²) in [6.45, 7) is 5.72. The van der Waals surface area contributed by atoms with Crippen molar-refractivity contribution < 1.29 is 17.9 Å². The maximum atomic E-state index is 12.9. The van der Waals surface area contributed by atoms with Crippen molar-refractivity contribution in [3.8, 4) is 0 Å². The van der Waals surface area contributed by atoms with Crippen molar-refractivity contribution in [3.05, 3.63) is 29.1 Å². The van der Waals surface area contributed by atoms with Crippen molar-refractivity contribution in [1.82, 2.24) is 9.62 Å². The number of hydrogen-bond acceptors (Lipinski definition) is 6. The van der Waals surface area contributed by atoms with Crippen LogP contribution in [0.1, 0.15) is 23.5 Å². The van der Waals surface area contributed by atoms with E-state index in [1.165, 1.54) is 15.6 Å². The summed E-state index contributed by atoms with van der Waals surface area (Å²) in [5, 5.41) is 3.93. The number of piperazine rings is 1. The van der Waals surface area contributed by atoms with E-state index in [4.69, 9.17) is 4.74 Å². The summed E-state index contributed by atoms with van der Waals surface area (Å²) in [5.74, 6) is -0.376. The van der Waals surface area contributed by atoms with Crippen molar-refractivity contribution in [3.63, 3.8) is 0 Å². The third kappa shape index (κ3) is 3.98. The first-order valence-electron chi connectivity index (χ1n) is 7.86. The van der Waals surface area contributed by atoms with E-state index in [1.807, 2.05) is 6.92 Å². The molecule has 1 atom stereocenters. The molecular formula is C16H21ClN2O4S2. The van der Waals surface area contributed by atoms with Crippen molar-refractivity contribution in [1.29, 1.82) is 0 Å². The molecule has 6 nitrogen and oxygen atoms in total. The molecule has 9 heteroatoms. The molecule has 0 spiro atoms. The van der Waals surface area contributed by atoms with Crippen LogP contribution in [-0.4, -0.2) is 51.0 Å². The minimum absolute atomic E-state index is 0. The van der Waals surface area contributed by atoms with Gasteiger partial charge in [-0.25, -0.2) is 13.2 Å². The first kappa shape index (κ1) is 20.1. The van der Waals surface area contributed by atoms with Gasteiger partial charge in [-0.05, 0) is 43.5 Å². The summed E-state index contributed by atoms with van der Waals surface area (Å²) in [6, 6.07) is 6.61. The molecule has 0 radical (unpaired) electrons. The van der Waals surface area contributed by atoms with Gasteiger partial charge in [-0.15, -0.1) is 23.7 Å². The number of hydrogen-bond donors (Lipinski definition) is 1. The Morgan fingerprint density at radius 3 is 2.84 bits per heavy atom. The average molecular weight is 405 g/mol. The summed E-state index contributed by atoms with van der Waals surface area (Å²) in [7, 11) is -3.54. The fourth-order valence-corrected chi connectivity index (χ4v) is 5.40. The molecule has 1 unspecified atom stereocenters. The number of fused-ring (bicyclic) bond motifs is 1. The Morgan fingerprint density at radius 2 is 2.16 bits per heavy atom. The van der Waals surface area contributed by atoms with Crippen LogP contribution in [0.15, 0.2) is 29.2 Å². The highest BCUT2D eigenvalue weighted by atomic mass is 35.5. The average Bonchev–Trinajstić information content (AvgIpc) is 2.98. The number of esters is 1. The van der Waals surface area contributed by atoms with Crippen molar-refractivity contribution in [2.45, 2.75) is 24.8 Å². The summed E-state index contributed by atoms with van der Waals surface area (Å²) >= 11 is 1.31. The zero-order valence-electron chi connectivity index (χ0n) is 14.0. The zero-order chi connectivity index (χ0) is 17.3. The fourth-order valence-electron chi connectivity index (χ4n) is 2.80. The minimum Gasteiger partial charge on any atom is -0.462 e. The van der Waals surface area contributed by atoms with E-state index in [9.17, 15) is 13.2 Å². The Labute approximate surface area is 157 Å². The molecule has 0 amide bonds. The monoisotopic (exact) mass is 404 g/mol. The maximum absolute atomic E-state index is 12.9. The van der Waals surface area contributed by atoms with Crippen LogP contribution in [0.4, 0.5) is 0 Å². The highest BCUT2D eigenvalue weighted by molar-refractivity contribution is 7.89. The molecule has 25 heavy (non-hydrogen) atoms. The molecule has 1 fully saturated rings. The number of halogens is 1. The second kappa shape index (κ2) is 8.01. The normalized spacial score (nSPS) is 18.7. The molecule has 1 aromatic carbocycles. The Kier molecular flexibility index (Phi) is 6.45. The second-order valence-electron chi connectivity index (χ2n) is 5.70. The molecular weight excluding hydrogens is 384 g/mol. The van der Waals surface area contributed by atoms with Gasteiger partial charge in [0.15, 0.2) is 0 Å². The third-order valence-electron chi connectivity index (χ3n) is 4.01. The molecule has 3 rings (SSSR count). The van der Waals surface area contributed by atoms with E-state index in [2.05, 4.69) is 5.32 Å². The summed E-state index contributed by atoms with van der Waals surface area (Å²) in [6.07, 6.45) is 0. The molecule has 1 aliphatic heterocycles. The largest absolute Gasteiger partial charge is 0.462 e. The molecule has 0 saturated carbocycles. The van der Waals surface area contributed by atoms with Gasteiger partial charge in [0.25, 0.3) is 0 Å². The number of benzene rings is 1. The van der Waals surface area contributed by atoms with E-state index >= 15 is 0 Å². The lowest BCUT2D eigenvalue weighted by atomic mass is 10.2. The van der Waals surface area contributed by atoms with Gasteiger partial charge < -0.3 is 10.1 Å². The quantitative estimate of drug-likeness (QED) is 0.792. The highest BCUT2D eigenvalue weighted by Gasteiger charge is 2.31. The minimum atomic E-state index is -3.54. The first-order valence-corrected chi connectivity index (χ1v) is 10.1. The Balaban J connectivity index is 0.00000225. The number of thiophene rings is 1. The number of sulfonamides is 1. The van der Waals surface area contributed by atoms with Crippen LogP contribution in [0.3, 0.4) is 0 Å². The molecule has 2 heterocycles. The van der Waals surface area contributed by atoms with Crippen LogP contribution >= 0.6 is 23.7 Å². The molecule has 2 aromatic rings. The van der Waals surface area contributed by atoms with Crippen molar-refractivity contribution in [2.75, 3.05) is 26.2 Å². The summed E-state index contributed by atoms with van der Waals surface area (Å²) in [5.41, 5.74) is 0. The fraction of sp³-hybridized carbons (Fsp3) is 0.438. The molecule has 0 aliphatic carbocycles. The number of nitrogens with zero attached hydrogens (tertiary/aromatic N) is 1. The molecule has 1 N–H and O–H groups in total. The van der Waals surface area contributed by atoms with Gasteiger partial charge in [-0.3, -0.25) is 0 Å². The van der Waals surface area contributed by atoms with Crippen molar-refractivity contribution >= 4 is 49.8 Å². The van der Waals surface area contributed by atoms with Crippen LogP contribution in [0.5, 0.6) is 0 Å². The van der Waals surface area contributed by atoms with Gasteiger partial charge in [-0.1, -0.05) is 0 Å². The Bertz CT molecular complexity index is 866. The zero-order valence-corrected chi connectivity index (χ0v) is 16.5. The molecule has 0 bridgehead atoms. The van der Waals surface area contributed by atoms with Crippen LogP contribution in [0.2, 0.25) is 0 Å². The number of carbonyl (C=O) groups excluding carboxylic acids is 1. The SMILES string of the molecule is CCOC(=O)c1cc2cc(S(=O)(=O)N3CCNCC3C)ccc2s1.Cl. The predicted octanol–water partition coefficient (Wildman–Crippen LogP) is 2.48. The molecule has 138 valence electrons. The van der Waals surface area contributed by atoms with E-state index in [0.717, 1.165) is 10.1 Å². The van der Waals surface area contributed by atoms with Gasteiger partial charge in [0.05, 0.1) is 11.5 Å². The van der Waals surface area contributed by atoms with Crippen LogP contribution in [0, 0.1) is 0 Å². The van der Waals surface area contributed by atoms with E-state index in [1.54, 1.807) is 31.2 Å². The van der Waals surface area contributed by atoms with E-state index in [0.29, 0.717) is 31.1 Å². The van der Waals surface area contributed by atoms with E-state index < -0.39 is 10.0 Å². The Hall–Kier alpha value is -1.19. The van der Waals surface area contributed by atoms with Crippen molar-refractivity contribution in [2.24, 2.45) is 0 Å². The molecule has 1 aromatic heterocycles. The predicted molar refractivity (Wildman–Crippen MR) is 101 cm³/mol. The van der Waals surface area contributed by atoms with Gasteiger partial charge in [-0.2, -0.15) is 4.31 Å². The molecule has 1 saturated heterocycles. The smallest absolute Gasteiger partial charge is 0.348 e. The van der Waals surface area contributed by atoms with Gasteiger partial charge in [0.1, 0.15) is 4.88 Å². The van der Waals surface area contributed by atoms with Gasteiger partial charge in [0, 0.05) is 30.4 Å². The van der Waals surface area contributed by atoms with E-state index in [-0.39, 0.29) is 29.3 Å². The number of rotatable bonds is 4. The van der Waals surface area contributed by atoms with Gasteiger partial charge >= 0.3 is 5.97 Å². The van der Waals surface area contributed by atoms with Gasteiger partial charge in [0.2, 0.25) is 10.0 Å². The van der Waals surface area contributed by atoms with Crippen LogP contribution < -0.4 is 5.32 Å². The van der Waals surface area contributed by atoms with Crippen LogP contribution in [-0.2, 0) is 14.8 Å². The second-order valence-corrected chi connectivity index (χ2v) is 8.67. The standard InChI is InChI=1S/C16H20N2O4S2.ClH/c1-3-22-16(19)15-9-12-8-13(4-5-14(12)23-15)24(20,21)18-7-6-17-10-11(18)2;/h4-5,8-9,11,17H,3,6-7,10H2,1-2H3;1H. The Morgan fingerprint density at radius 1 is 1.40 bits per heavy atom. The number of nitrogens with one attached hydrogen (secondary N) is 1. The summed E-state index contributed by atoms with van der Waals surface area (Å²) in [4.78, 5) is 12.6. The summed E-state index contributed by atoms with van der Waals surface area (Å²) < 4.78 is 33.2. The lowest BCUT2D eigenvalue weighted by Gasteiger charge is -2.32. The highest BCUT2D eigenvalue weighted by Crippen LogP contribution is 2.30. The maximum Gasteiger partial charge on any atom is 0.348 e. The number of ether oxygens (including phenoxy) is 1. The topological polar surface area (TPSA) is 75.7 Å². The number of carbonyl (C=O) groups is 1. The lowest BCUT2D eigenvalue weighted by Crippen LogP contribution is -2.52. The lowest BCUT2D eigenvalue weighted by molar-refractivity contribution is 0.0532. The molecule has 1 aliphatic rings. The third-order valence-corrected chi connectivity index (χ3v) is 7.12. The van der Waals surface area contributed by atoms with Crippen LogP contribution in [0.25, 0.3) is 10.1 Å². The first-order chi connectivity index (χ1) is 11.4.